The second-order valence-electron chi connectivity index (χ2n) is 5.70. The topological polar surface area (TPSA) is 101 Å². The average molecular weight is 341 g/mol. The van der Waals surface area contributed by atoms with Crippen LogP contribution in [0.4, 0.5) is 0 Å². The third kappa shape index (κ3) is 5.93. The predicted molar refractivity (Wildman–Crippen MR) is 91.5 cm³/mol. The van der Waals surface area contributed by atoms with Crippen LogP contribution in [0.1, 0.15) is 38.7 Å². The largest absolute Gasteiger partial charge is 0.354 e. The van der Waals surface area contributed by atoms with Gasteiger partial charge in [-0.1, -0.05) is 26.0 Å². The lowest BCUT2D eigenvalue weighted by Crippen LogP contribution is -2.49. The molecule has 0 aliphatic heterocycles. The Labute approximate surface area is 138 Å². The van der Waals surface area contributed by atoms with E-state index in [-0.39, 0.29) is 16.3 Å². The van der Waals surface area contributed by atoms with Gasteiger partial charge >= 0.3 is 0 Å². The fourth-order valence-electron chi connectivity index (χ4n) is 2.07. The zero-order valence-corrected chi connectivity index (χ0v) is 14.9. The summed E-state index contributed by atoms with van der Waals surface area (Å²) in [4.78, 5) is 12.1. The van der Waals surface area contributed by atoms with Gasteiger partial charge in [0.05, 0.1) is 4.90 Å². The van der Waals surface area contributed by atoms with Crippen LogP contribution in [-0.4, -0.2) is 33.5 Å². The maximum Gasteiger partial charge on any atom is 0.240 e. The molecular formula is C16H27N3O3S. The van der Waals surface area contributed by atoms with Crippen molar-refractivity contribution in [2.24, 2.45) is 5.73 Å². The van der Waals surface area contributed by atoms with E-state index in [1.807, 2.05) is 13.8 Å². The van der Waals surface area contributed by atoms with Gasteiger partial charge in [-0.2, -0.15) is 0 Å². The first kappa shape index (κ1) is 19.6. The van der Waals surface area contributed by atoms with E-state index in [9.17, 15) is 13.2 Å². The van der Waals surface area contributed by atoms with E-state index in [0.717, 1.165) is 18.4 Å². The lowest BCUT2D eigenvalue weighted by molar-refractivity contribution is -0.121. The molecule has 0 heterocycles. The number of carbonyl (C=O) groups excluding carboxylic acids is 1. The quantitative estimate of drug-likeness (QED) is 0.627. The minimum Gasteiger partial charge on any atom is -0.354 e. The van der Waals surface area contributed by atoms with E-state index in [4.69, 9.17) is 5.73 Å². The highest BCUT2D eigenvalue weighted by Crippen LogP contribution is 2.12. The van der Waals surface area contributed by atoms with Crippen LogP contribution in [0.2, 0.25) is 0 Å². The molecule has 0 unspecified atom stereocenters. The monoisotopic (exact) mass is 341 g/mol. The van der Waals surface area contributed by atoms with Crippen LogP contribution in [0.5, 0.6) is 0 Å². The molecule has 1 aromatic rings. The zero-order chi connectivity index (χ0) is 17.5. The van der Waals surface area contributed by atoms with E-state index in [0.29, 0.717) is 19.4 Å². The summed E-state index contributed by atoms with van der Waals surface area (Å²) in [5.74, 6) is -0.0475. The lowest BCUT2D eigenvalue weighted by atomic mass is 9.94. The number of nitrogens with two attached hydrogens (primary N) is 1. The molecule has 7 heteroatoms. The number of hydrogen-bond acceptors (Lipinski definition) is 4. The van der Waals surface area contributed by atoms with Crippen molar-refractivity contribution in [1.29, 1.82) is 0 Å². The third-order valence-corrected chi connectivity index (χ3v) is 5.62. The molecule has 0 aromatic heterocycles. The van der Waals surface area contributed by atoms with Crippen molar-refractivity contribution >= 4 is 15.9 Å². The SMILES string of the molecule is CCC(N)(CC)CNC(=O)CCc1ccc(S(=O)(=O)NC)cc1. The van der Waals surface area contributed by atoms with Gasteiger partial charge in [0.2, 0.25) is 15.9 Å². The van der Waals surface area contributed by atoms with Crippen LogP contribution in [0.15, 0.2) is 29.2 Å². The van der Waals surface area contributed by atoms with Gasteiger partial charge in [-0.3, -0.25) is 4.79 Å². The highest BCUT2D eigenvalue weighted by Gasteiger charge is 2.20. The molecule has 0 aliphatic carbocycles. The first-order valence-electron chi connectivity index (χ1n) is 7.84. The summed E-state index contributed by atoms with van der Waals surface area (Å²) in [6, 6.07) is 6.53. The van der Waals surface area contributed by atoms with Gasteiger partial charge in [0.15, 0.2) is 0 Å². The van der Waals surface area contributed by atoms with Crippen LogP contribution in [0, 0.1) is 0 Å². The molecule has 0 aliphatic rings. The molecule has 1 aromatic carbocycles. The van der Waals surface area contributed by atoms with Crippen molar-refractivity contribution in [2.75, 3.05) is 13.6 Å². The van der Waals surface area contributed by atoms with Gasteiger partial charge in [0, 0.05) is 18.5 Å². The van der Waals surface area contributed by atoms with Gasteiger partial charge in [-0.25, -0.2) is 13.1 Å². The molecule has 6 nitrogen and oxygen atoms in total. The molecule has 23 heavy (non-hydrogen) atoms. The Morgan fingerprint density at radius 2 is 1.74 bits per heavy atom. The van der Waals surface area contributed by atoms with Crippen LogP contribution in [-0.2, 0) is 21.2 Å². The minimum atomic E-state index is -3.42. The standard InChI is InChI=1S/C16H27N3O3S/c1-4-16(17,5-2)12-19-15(20)11-8-13-6-9-14(10-7-13)23(21,22)18-3/h6-7,9-10,18H,4-5,8,11-12,17H2,1-3H3,(H,19,20). The molecule has 0 fully saturated rings. The molecule has 1 amide bonds. The van der Waals surface area contributed by atoms with E-state index < -0.39 is 10.0 Å². The minimum absolute atomic E-state index is 0.0475. The zero-order valence-electron chi connectivity index (χ0n) is 14.1. The Morgan fingerprint density at radius 1 is 1.17 bits per heavy atom. The van der Waals surface area contributed by atoms with Crippen LogP contribution in [0.25, 0.3) is 0 Å². The molecule has 0 spiro atoms. The predicted octanol–water partition coefficient (Wildman–Crippen LogP) is 1.16. The smallest absolute Gasteiger partial charge is 0.240 e. The summed E-state index contributed by atoms with van der Waals surface area (Å²) in [7, 11) is -2.05. The molecule has 0 saturated carbocycles. The normalized spacial score (nSPS) is 12.2. The van der Waals surface area contributed by atoms with Gasteiger partial charge < -0.3 is 11.1 Å². The number of carbonyl (C=O) groups is 1. The van der Waals surface area contributed by atoms with Crippen LogP contribution < -0.4 is 15.8 Å². The summed E-state index contributed by atoms with van der Waals surface area (Å²) >= 11 is 0. The van der Waals surface area contributed by atoms with Gasteiger partial charge in [0.25, 0.3) is 0 Å². The van der Waals surface area contributed by atoms with E-state index in [2.05, 4.69) is 10.0 Å². The summed E-state index contributed by atoms with van der Waals surface area (Å²) in [5.41, 5.74) is 6.71. The summed E-state index contributed by atoms with van der Waals surface area (Å²) in [6.07, 6.45) is 2.53. The second-order valence-corrected chi connectivity index (χ2v) is 7.58. The van der Waals surface area contributed by atoms with Crippen molar-refractivity contribution in [1.82, 2.24) is 10.0 Å². The van der Waals surface area contributed by atoms with Gasteiger partial charge in [-0.15, -0.1) is 0 Å². The lowest BCUT2D eigenvalue weighted by Gasteiger charge is -2.26. The Morgan fingerprint density at radius 3 is 2.22 bits per heavy atom. The number of aryl methyl sites for hydroxylation is 1. The fraction of sp³-hybridized carbons (Fsp3) is 0.562. The van der Waals surface area contributed by atoms with Crippen LogP contribution in [0.3, 0.4) is 0 Å². The van der Waals surface area contributed by atoms with Crippen molar-refractivity contribution in [3.05, 3.63) is 29.8 Å². The van der Waals surface area contributed by atoms with E-state index in [1.165, 1.54) is 19.2 Å². The van der Waals surface area contributed by atoms with Gasteiger partial charge in [-0.05, 0) is 44.0 Å². The van der Waals surface area contributed by atoms with Crippen molar-refractivity contribution < 1.29 is 13.2 Å². The fourth-order valence-corrected chi connectivity index (χ4v) is 2.80. The summed E-state index contributed by atoms with van der Waals surface area (Å²) < 4.78 is 25.5. The molecule has 0 radical (unpaired) electrons. The van der Waals surface area contributed by atoms with Crippen molar-refractivity contribution in [3.8, 4) is 0 Å². The number of amides is 1. The second kappa shape index (κ2) is 8.42. The van der Waals surface area contributed by atoms with Crippen molar-refractivity contribution in [3.63, 3.8) is 0 Å². The molecule has 4 N–H and O–H groups in total. The number of hydrogen-bond donors (Lipinski definition) is 3. The number of nitrogens with one attached hydrogen (secondary N) is 2. The molecule has 0 saturated heterocycles. The van der Waals surface area contributed by atoms with E-state index >= 15 is 0 Å². The third-order valence-electron chi connectivity index (χ3n) is 4.19. The average Bonchev–Trinajstić information content (AvgIpc) is 2.58. The van der Waals surface area contributed by atoms with Crippen molar-refractivity contribution in [2.45, 2.75) is 50.0 Å². The Kier molecular flexibility index (Phi) is 7.18. The number of rotatable bonds is 9. The summed E-state index contributed by atoms with van der Waals surface area (Å²) in [5, 5.41) is 2.87. The van der Waals surface area contributed by atoms with E-state index in [1.54, 1.807) is 12.1 Å². The van der Waals surface area contributed by atoms with Gasteiger partial charge in [0.1, 0.15) is 0 Å². The first-order valence-corrected chi connectivity index (χ1v) is 9.32. The molecule has 0 atom stereocenters. The Hall–Kier alpha value is -1.44. The maximum absolute atomic E-state index is 11.9. The number of sulfonamides is 1. The highest BCUT2D eigenvalue weighted by atomic mass is 32.2. The molecule has 1 rings (SSSR count). The maximum atomic E-state index is 11.9. The molecule has 130 valence electrons. The summed E-state index contributed by atoms with van der Waals surface area (Å²) in [6.45, 7) is 4.49. The molecular weight excluding hydrogens is 314 g/mol. The van der Waals surface area contributed by atoms with Crippen LogP contribution >= 0.6 is 0 Å². The first-order chi connectivity index (χ1) is 10.8. The number of benzene rings is 1. The Balaban J connectivity index is 2.51. The Bertz CT molecular complexity index is 608. The molecule has 0 bridgehead atoms. The highest BCUT2D eigenvalue weighted by molar-refractivity contribution is 7.89.